The van der Waals surface area contributed by atoms with Crippen molar-refractivity contribution in [1.29, 1.82) is 0 Å². The number of nitrogens with zero attached hydrogens (tertiary/aromatic N) is 1. The molecule has 0 saturated heterocycles. The molecule has 2 aromatic rings. The average Bonchev–Trinajstić information content (AvgIpc) is 2.98. The number of hydrogen-bond acceptors (Lipinski definition) is 4. The van der Waals surface area contributed by atoms with Gasteiger partial charge in [0.05, 0.1) is 22.7 Å². The lowest BCUT2D eigenvalue weighted by atomic mass is 10.1. The maximum Gasteiger partial charge on any atom is 0.299 e. The molecule has 0 spiro atoms. The van der Waals surface area contributed by atoms with Crippen molar-refractivity contribution in [3.63, 3.8) is 0 Å². The number of rotatable bonds is 3. The number of amides is 1. The smallest absolute Gasteiger partial charge is 0.297 e. The summed E-state index contributed by atoms with van der Waals surface area (Å²) in [5.74, 6) is -1.31. The summed E-state index contributed by atoms with van der Waals surface area (Å²) in [7, 11) is 0. The first-order valence-electron chi connectivity index (χ1n) is 6.54. The quantitative estimate of drug-likeness (QED) is 0.647. The summed E-state index contributed by atoms with van der Waals surface area (Å²) < 4.78 is 0. The molecule has 1 aromatic carbocycles. The highest BCUT2D eigenvalue weighted by Gasteiger charge is 2.37. The van der Waals surface area contributed by atoms with Crippen molar-refractivity contribution in [2.24, 2.45) is 0 Å². The molecule has 0 unspecified atom stereocenters. The molecule has 0 atom stereocenters. The van der Waals surface area contributed by atoms with Crippen LogP contribution in [0.25, 0.3) is 0 Å². The lowest BCUT2D eigenvalue weighted by Crippen LogP contribution is -2.34. The third-order valence-corrected chi connectivity index (χ3v) is 4.55. The Kier molecular flexibility index (Phi) is 3.22. The van der Waals surface area contributed by atoms with E-state index in [-0.39, 0.29) is 12.3 Å². The Morgan fingerprint density at radius 2 is 1.90 bits per heavy atom. The Bertz CT molecular complexity index is 776. The molecule has 3 rings (SSSR count). The summed E-state index contributed by atoms with van der Waals surface area (Å²) in [5, 5.41) is 0. The summed E-state index contributed by atoms with van der Waals surface area (Å²) in [6, 6.07) is 8.82. The lowest BCUT2D eigenvalue weighted by molar-refractivity contribution is -0.114. The molecule has 5 heteroatoms. The van der Waals surface area contributed by atoms with Gasteiger partial charge in [0.15, 0.2) is 5.78 Å². The number of fused-ring (bicyclic) bond motifs is 1. The summed E-state index contributed by atoms with van der Waals surface area (Å²) in [5.41, 5.74) is 1.77. The molecule has 1 amide bonds. The van der Waals surface area contributed by atoms with Crippen molar-refractivity contribution in [3.05, 3.63) is 51.2 Å². The predicted molar refractivity (Wildman–Crippen MR) is 81.2 cm³/mol. The zero-order valence-corrected chi connectivity index (χ0v) is 12.5. The lowest BCUT2D eigenvalue weighted by Gasteiger charge is -2.17. The first-order valence-corrected chi connectivity index (χ1v) is 7.36. The van der Waals surface area contributed by atoms with Crippen LogP contribution in [-0.4, -0.2) is 24.0 Å². The predicted octanol–water partition coefficient (Wildman–Crippen LogP) is 2.78. The van der Waals surface area contributed by atoms with Gasteiger partial charge in [0.2, 0.25) is 0 Å². The van der Waals surface area contributed by atoms with Gasteiger partial charge in [-0.15, -0.1) is 11.3 Å². The van der Waals surface area contributed by atoms with Crippen molar-refractivity contribution in [3.8, 4) is 0 Å². The summed E-state index contributed by atoms with van der Waals surface area (Å²) in [4.78, 5) is 39.3. The number of aryl methyl sites for hydroxylation is 2. The largest absolute Gasteiger partial charge is 0.299 e. The molecule has 1 aliphatic heterocycles. The molecule has 1 aliphatic rings. The Balaban J connectivity index is 1.95. The second-order valence-corrected chi connectivity index (χ2v) is 6.31. The molecule has 106 valence electrons. The van der Waals surface area contributed by atoms with Crippen LogP contribution in [0.15, 0.2) is 30.3 Å². The molecule has 4 nitrogen and oxygen atoms in total. The number of para-hydroxylation sites is 1. The number of hydrogen-bond donors (Lipinski definition) is 0. The van der Waals surface area contributed by atoms with Crippen LogP contribution >= 0.6 is 11.3 Å². The number of Topliss-reactive ketones (excluding diaryl/α,β-unsaturated/α-hetero) is 2. The van der Waals surface area contributed by atoms with Crippen molar-refractivity contribution in [2.45, 2.75) is 13.8 Å². The first-order chi connectivity index (χ1) is 9.99. The van der Waals surface area contributed by atoms with Crippen LogP contribution in [0, 0.1) is 13.8 Å². The van der Waals surface area contributed by atoms with E-state index in [0.717, 1.165) is 10.4 Å². The zero-order chi connectivity index (χ0) is 15.1. The number of thiophene rings is 1. The third-order valence-electron chi connectivity index (χ3n) is 3.51. The van der Waals surface area contributed by atoms with Gasteiger partial charge in [-0.05, 0) is 37.6 Å². The summed E-state index contributed by atoms with van der Waals surface area (Å²) in [6.45, 7) is 3.66. The monoisotopic (exact) mass is 299 g/mol. The van der Waals surface area contributed by atoms with E-state index in [1.165, 1.54) is 16.2 Å². The fraction of sp³-hybridized carbons (Fsp3) is 0.188. The fourth-order valence-corrected chi connectivity index (χ4v) is 3.29. The van der Waals surface area contributed by atoms with Crippen LogP contribution in [-0.2, 0) is 4.79 Å². The molecule has 0 aliphatic carbocycles. The van der Waals surface area contributed by atoms with Gasteiger partial charge in [0.1, 0.15) is 0 Å². The minimum absolute atomic E-state index is 0.0949. The van der Waals surface area contributed by atoms with Gasteiger partial charge in [-0.2, -0.15) is 0 Å². The van der Waals surface area contributed by atoms with Crippen molar-refractivity contribution >= 4 is 34.5 Å². The van der Waals surface area contributed by atoms with E-state index in [1.54, 1.807) is 18.2 Å². The highest BCUT2D eigenvalue weighted by atomic mass is 32.1. The third kappa shape index (κ3) is 2.19. The van der Waals surface area contributed by atoms with Gasteiger partial charge in [-0.1, -0.05) is 12.1 Å². The molecular formula is C16H13NO3S. The van der Waals surface area contributed by atoms with Gasteiger partial charge in [0, 0.05) is 4.88 Å². The highest BCUT2D eigenvalue weighted by molar-refractivity contribution is 7.14. The molecular weight excluding hydrogens is 286 g/mol. The van der Waals surface area contributed by atoms with Crippen LogP contribution in [0.1, 0.15) is 30.5 Å². The van der Waals surface area contributed by atoms with Crippen molar-refractivity contribution < 1.29 is 14.4 Å². The average molecular weight is 299 g/mol. The van der Waals surface area contributed by atoms with Crippen molar-refractivity contribution in [2.75, 3.05) is 11.4 Å². The maximum absolute atomic E-state index is 12.3. The number of benzene rings is 1. The molecule has 0 radical (unpaired) electrons. The molecule has 0 bridgehead atoms. The minimum Gasteiger partial charge on any atom is -0.297 e. The fourth-order valence-electron chi connectivity index (χ4n) is 2.50. The molecule has 2 heterocycles. The van der Waals surface area contributed by atoms with Gasteiger partial charge < -0.3 is 0 Å². The Morgan fingerprint density at radius 3 is 2.57 bits per heavy atom. The van der Waals surface area contributed by atoms with Crippen LogP contribution < -0.4 is 4.90 Å². The van der Waals surface area contributed by atoms with E-state index < -0.39 is 11.7 Å². The Labute approximate surface area is 126 Å². The highest BCUT2D eigenvalue weighted by Crippen LogP contribution is 2.32. The second kappa shape index (κ2) is 4.93. The van der Waals surface area contributed by atoms with Crippen LogP contribution in [0.3, 0.4) is 0 Å². The maximum atomic E-state index is 12.3. The molecule has 1 aromatic heterocycles. The number of carbonyl (C=O) groups is 3. The summed E-state index contributed by atoms with van der Waals surface area (Å²) >= 11 is 1.39. The van der Waals surface area contributed by atoms with E-state index in [1.807, 2.05) is 26.0 Å². The van der Waals surface area contributed by atoms with E-state index in [2.05, 4.69) is 0 Å². The van der Waals surface area contributed by atoms with Crippen LogP contribution in [0.4, 0.5) is 5.69 Å². The SMILES string of the molecule is Cc1ccc(C(=O)CN2C(=O)C(=O)c3cccc(C)c32)s1. The summed E-state index contributed by atoms with van der Waals surface area (Å²) in [6.07, 6.45) is 0. The van der Waals surface area contributed by atoms with Gasteiger partial charge in [-0.3, -0.25) is 19.3 Å². The van der Waals surface area contributed by atoms with Gasteiger partial charge >= 0.3 is 0 Å². The standard InChI is InChI=1S/C16H13NO3S/c1-9-4-3-5-11-14(9)17(16(20)15(11)19)8-12(18)13-7-6-10(2)21-13/h3-7H,8H2,1-2H3. The Hall–Kier alpha value is -2.27. The van der Waals surface area contributed by atoms with E-state index in [0.29, 0.717) is 16.1 Å². The topological polar surface area (TPSA) is 54.5 Å². The van der Waals surface area contributed by atoms with Crippen LogP contribution in [0.2, 0.25) is 0 Å². The second-order valence-electron chi connectivity index (χ2n) is 5.02. The first kappa shape index (κ1) is 13.7. The zero-order valence-electron chi connectivity index (χ0n) is 11.7. The normalized spacial score (nSPS) is 13.7. The molecule has 0 N–H and O–H groups in total. The van der Waals surface area contributed by atoms with Crippen molar-refractivity contribution in [1.82, 2.24) is 0 Å². The van der Waals surface area contributed by atoms with E-state index >= 15 is 0 Å². The molecule has 0 fully saturated rings. The van der Waals surface area contributed by atoms with Crippen LogP contribution in [0.5, 0.6) is 0 Å². The minimum atomic E-state index is -0.624. The van der Waals surface area contributed by atoms with E-state index in [9.17, 15) is 14.4 Å². The molecule has 21 heavy (non-hydrogen) atoms. The number of carbonyl (C=O) groups excluding carboxylic acids is 3. The van der Waals surface area contributed by atoms with Gasteiger partial charge in [-0.25, -0.2) is 0 Å². The number of ketones is 2. The number of anilines is 1. The van der Waals surface area contributed by atoms with Gasteiger partial charge in [0.25, 0.3) is 11.7 Å². The van der Waals surface area contributed by atoms with E-state index in [4.69, 9.17) is 0 Å². The molecule has 0 saturated carbocycles. The Morgan fingerprint density at radius 1 is 1.14 bits per heavy atom.